The zero-order chi connectivity index (χ0) is 9.68. The van der Waals surface area contributed by atoms with E-state index < -0.39 is 5.97 Å². The molecule has 1 heterocycles. The van der Waals surface area contributed by atoms with Crippen molar-refractivity contribution in [2.75, 3.05) is 13.7 Å². The molecule has 72 valence electrons. The fourth-order valence-electron chi connectivity index (χ4n) is 0.778. The van der Waals surface area contributed by atoms with Crippen LogP contribution in [0.4, 0.5) is 0 Å². The molecule has 2 N–H and O–H groups in total. The van der Waals surface area contributed by atoms with E-state index in [1.54, 1.807) is 0 Å². The highest BCUT2D eigenvalue weighted by Crippen LogP contribution is 2.02. The van der Waals surface area contributed by atoms with Crippen molar-refractivity contribution < 1.29 is 13.9 Å². The van der Waals surface area contributed by atoms with E-state index in [0.29, 0.717) is 18.9 Å². The molecule has 1 aromatic rings. The summed E-state index contributed by atoms with van der Waals surface area (Å²) in [7, 11) is 1.26. The molecule has 13 heavy (non-hydrogen) atoms. The molecule has 0 saturated carbocycles. The minimum atomic E-state index is -0.619. The van der Waals surface area contributed by atoms with Crippen LogP contribution in [0.5, 0.6) is 0 Å². The molecule has 0 aliphatic heterocycles. The monoisotopic (exact) mass is 185 g/mol. The third-order valence-electron chi connectivity index (χ3n) is 1.42. The number of nitrogens with two attached hydrogens (primary N) is 1. The van der Waals surface area contributed by atoms with Crippen LogP contribution < -0.4 is 5.73 Å². The summed E-state index contributed by atoms with van der Waals surface area (Å²) >= 11 is 0. The van der Waals surface area contributed by atoms with Crippen LogP contribution in [-0.2, 0) is 11.2 Å². The fourth-order valence-corrected chi connectivity index (χ4v) is 0.778. The van der Waals surface area contributed by atoms with Crippen molar-refractivity contribution in [3.05, 3.63) is 11.8 Å². The minimum absolute atomic E-state index is 0.116. The van der Waals surface area contributed by atoms with Crippen LogP contribution in [0.25, 0.3) is 0 Å². The maximum atomic E-state index is 10.9. The maximum absolute atomic E-state index is 10.9. The summed E-state index contributed by atoms with van der Waals surface area (Å²) in [4.78, 5) is 10.9. The molecule has 0 aliphatic rings. The number of hydrogen-bond acceptors (Lipinski definition) is 6. The van der Waals surface area contributed by atoms with Crippen LogP contribution in [-0.4, -0.2) is 29.8 Å². The molecule has 0 atom stereocenters. The number of ether oxygens (including phenoxy) is 1. The smallest absolute Gasteiger partial charge is 0.396 e. The zero-order valence-electron chi connectivity index (χ0n) is 7.32. The normalized spacial score (nSPS) is 10.0. The van der Waals surface area contributed by atoms with E-state index in [4.69, 9.17) is 10.2 Å². The zero-order valence-corrected chi connectivity index (χ0v) is 7.32. The van der Waals surface area contributed by atoms with E-state index in [9.17, 15) is 4.79 Å². The molecule has 0 unspecified atom stereocenters. The van der Waals surface area contributed by atoms with Gasteiger partial charge in [-0.15, -0.1) is 10.2 Å². The van der Waals surface area contributed by atoms with E-state index in [0.717, 1.165) is 6.42 Å². The van der Waals surface area contributed by atoms with Gasteiger partial charge in [0, 0.05) is 6.42 Å². The summed E-state index contributed by atoms with van der Waals surface area (Å²) in [6.07, 6.45) is 1.34. The Labute approximate surface area is 75.1 Å². The summed E-state index contributed by atoms with van der Waals surface area (Å²) < 4.78 is 9.38. The second-order valence-electron chi connectivity index (χ2n) is 2.38. The van der Waals surface area contributed by atoms with E-state index in [2.05, 4.69) is 14.9 Å². The number of carbonyl (C=O) groups is 1. The molecule has 0 fully saturated rings. The largest absolute Gasteiger partial charge is 0.462 e. The third-order valence-corrected chi connectivity index (χ3v) is 1.42. The molecule has 6 nitrogen and oxygen atoms in total. The van der Waals surface area contributed by atoms with Gasteiger partial charge >= 0.3 is 11.9 Å². The van der Waals surface area contributed by atoms with Crippen molar-refractivity contribution in [2.24, 2.45) is 5.73 Å². The summed E-state index contributed by atoms with van der Waals surface area (Å²) in [5.41, 5.74) is 5.29. The Morgan fingerprint density at radius 2 is 2.38 bits per heavy atom. The average molecular weight is 185 g/mol. The molecule has 1 rings (SSSR count). The van der Waals surface area contributed by atoms with Crippen molar-refractivity contribution in [2.45, 2.75) is 12.8 Å². The Bertz CT molecular complexity index is 284. The fraction of sp³-hybridized carbons (Fsp3) is 0.571. The highest BCUT2D eigenvalue weighted by atomic mass is 16.5. The van der Waals surface area contributed by atoms with Gasteiger partial charge in [0.1, 0.15) is 0 Å². The number of aryl methyl sites for hydroxylation is 1. The van der Waals surface area contributed by atoms with E-state index in [1.165, 1.54) is 7.11 Å². The van der Waals surface area contributed by atoms with Crippen molar-refractivity contribution >= 4 is 5.97 Å². The van der Waals surface area contributed by atoms with Gasteiger partial charge in [0.25, 0.3) is 0 Å². The van der Waals surface area contributed by atoms with Crippen molar-refractivity contribution in [1.82, 2.24) is 10.2 Å². The molecule has 0 radical (unpaired) electrons. The van der Waals surface area contributed by atoms with Gasteiger partial charge in [-0.1, -0.05) is 0 Å². The molecule has 1 aromatic heterocycles. The van der Waals surface area contributed by atoms with Crippen LogP contribution in [0.2, 0.25) is 0 Å². The Balaban J connectivity index is 2.58. The van der Waals surface area contributed by atoms with E-state index in [1.807, 2.05) is 0 Å². The van der Waals surface area contributed by atoms with E-state index >= 15 is 0 Å². The molecule has 6 heteroatoms. The second-order valence-corrected chi connectivity index (χ2v) is 2.38. The average Bonchev–Trinajstić information content (AvgIpc) is 2.62. The number of hydrogen-bond donors (Lipinski definition) is 1. The Morgan fingerprint density at radius 1 is 1.62 bits per heavy atom. The lowest BCUT2D eigenvalue weighted by Gasteiger charge is -1.91. The SMILES string of the molecule is COC(=O)c1nnc(CCCN)o1. The maximum Gasteiger partial charge on any atom is 0.396 e. The summed E-state index contributed by atoms with van der Waals surface area (Å²) in [6.45, 7) is 0.552. The lowest BCUT2D eigenvalue weighted by Crippen LogP contribution is -2.01. The first kappa shape index (κ1) is 9.66. The predicted molar refractivity (Wildman–Crippen MR) is 43.0 cm³/mol. The first-order chi connectivity index (χ1) is 6.27. The number of methoxy groups -OCH3 is 1. The topological polar surface area (TPSA) is 91.2 Å². The van der Waals surface area contributed by atoms with Gasteiger partial charge in [-0.25, -0.2) is 4.79 Å². The predicted octanol–water partition coefficient (Wildman–Crippen LogP) is -0.252. The summed E-state index contributed by atoms with van der Waals surface area (Å²) in [6, 6.07) is 0. The van der Waals surface area contributed by atoms with Gasteiger partial charge < -0.3 is 14.9 Å². The number of nitrogens with zero attached hydrogens (tertiary/aromatic N) is 2. The number of carbonyl (C=O) groups excluding carboxylic acids is 1. The first-order valence-corrected chi connectivity index (χ1v) is 3.88. The van der Waals surface area contributed by atoms with Gasteiger partial charge in [-0.2, -0.15) is 0 Å². The van der Waals surface area contributed by atoms with Crippen LogP contribution in [0.15, 0.2) is 4.42 Å². The molecule has 0 spiro atoms. The molecule has 0 bridgehead atoms. The molecule has 0 aromatic carbocycles. The molecular formula is C7H11N3O3. The van der Waals surface area contributed by atoms with Crippen LogP contribution in [0.1, 0.15) is 23.0 Å². The van der Waals surface area contributed by atoms with Crippen LogP contribution >= 0.6 is 0 Å². The van der Waals surface area contributed by atoms with Crippen molar-refractivity contribution in [1.29, 1.82) is 0 Å². The standard InChI is InChI=1S/C7H11N3O3/c1-12-7(11)6-10-9-5(13-6)3-2-4-8/h2-4,8H2,1H3. The molecule has 0 saturated heterocycles. The quantitative estimate of drug-likeness (QED) is 0.650. The van der Waals surface area contributed by atoms with Crippen LogP contribution in [0.3, 0.4) is 0 Å². The van der Waals surface area contributed by atoms with Gasteiger partial charge in [0.2, 0.25) is 5.89 Å². The minimum Gasteiger partial charge on any atom is -0.462 e. The number of esters is 1. The van der Waals surface area contributed by atoms with Crippen molar-refractivity contribution in [3.63, 3.8) is 0 Å². The Hall–Kier alpha value is -1.43. The number of aromatic nitrogens is 2. The van der Waals surface area contributed by atoms with Gasteiger partial charge in [0.15, 0.2) is 0 Å². The van der Waals surface area contributed by atoms with Gasteiger partial charge in [-0.05, 0) is 13.0 Å². The third kappa shape index (κ3) is 2.51. The highest BCUT2D eigenvalue weighted by Gasteiger charge is 2.14. The van der Waals surface area contributed by atoms with Crippen LogP contribution in [0, 0.1) is 0 Å². The molecular weight excluding hydrogens is 174 g/mol. The lowest BCUT2D eigenvalue weighted by molar-refractivity contribution is 0.0554. The lowest BCUT2D eigenvalue weighted by atomic mass is 10.3. The molecule has 0 aliphatic carbocycles. The van der Waals surface area contributed by atoms with E-state index in [-0.39, 0.29) is 5.89 Å². The van der Waals surface area contributed by atoms with Crippen molar-refractivity contribution in [3.8, 4) is 0 Å². The highest BCUT2D eigenvalue weighted by molar-refractivity contribution is 5.83. The van der Waals surface area contributed by atoms with Gasteiger partial charge in [-0.3, -0.25) is 0 Å². The Morgan fingerprint density at radius 3 is 3.00 bits per heavy atom. The van der Waals surface area contributed by atoms with Gasteiger partial charge in [0.05, 0.1) is 7.11 Å². The summed E-state index contributed by atoms with van der Waals surface area (Å²) in [5.74, 6) is -0.327. The summed E-state index contributed by atoms with van der Waals surface area (Å²) in [5, 5.41) is 7.16. The Kier molecular flexibility index (Phi) is 3.39. The number of rotatable bonds is 4. The first-order valence-electron chi connectivity index (χ1n) is 3.88. The molecule has 0 amide bonds. The second kappa shape index (κ2) is 4.56.